The van der Waals surface area contributed by atoms with Gasteiger partial charge in [-0.3, -0.25) is 4.79 Å². The Morgan fingerprint density at radius 1 is 1.22 bits per heavy atom. The normalized spacial score (nSPS) is 10.3. The molecule has 0 unspecified atom stereocenters. The third kappa shape index (κ3) is 3.44. The molecular formula is C15H16O2S. The monoisotopic (exact) mass is 260 g/mol. The average molecular weight is 260 g/mol. The highest BCUT2D eigenvalue weighted by Gasteiger charge is 2.06. The highest BCUT2D eigenvalue weighted by atomic mass is 32.1. The van der Waals surface area contributed by atoms with Crippen molar-refractivity contribution in [2.24, 2.45) is 0 Å². The number of hydrogen-bond donors (Lipinski definition) is 0. The van der Waals surface area contributed by atoms with Crippen LogP contribution >= 0.6 is 11.3 Å². The largest absolute Gasteiger partial charge is 0.494 e. The van der Waals surface area contributed by atoms with E-state index >= 15 is 0 Å². The summed E-state index contributed by atoms with van der Waals surface area (Å²) in [7, 11) is 0. The molecule has 0 saturated carbocycles. The highest BCUT2D eigenvalue weighted by molar-refractivity contribution is 7.12. The van der Waals surface area contributed by atoms with Crippen LogP contribution in [0.5, 0.6) is 5.75 Å². The van der Waals surface area contributed by atoms with E-state index in [4.69, 9.17) is 4.74 Å². The van der Waals surface area contributed by atoms with E-state index in [-0.39, 0.29) is 5.78 Å². The summed E-state index contributed by atoms with van der Waals surface area (Å²) in [4.78, 5) is 12.7. The lowest BCUT2D eigenvalue weighted by Crippen LogP contribution is -1.98. The summed E-state index contributed by atoms with van der Waals surface area (Å²) in [6, 6.07) is 11.7. The molecule has 0 radical (unpaired) electrons. The molecule has 18 heavy (non-hydrogen) atoms. The van der Waals surface area contributed by atoms with Gasteiger partial charge in [0.25, 0.3) is 0 Å². The Morgan fingerprint density at radius 3 is 2.61 bits per heavy atom. The molecule has 1 aromatic carbocycles. The molecule has 2 rings (SSSR count). The van der Waals surface area contributed by atoms with E-state index < -0.39 is 0 Å². The first-order chi connectivity index (χ1) is 8.79. The Bertz CT molecular complexity index is 486. The van der Waals surface area contributed by atoms with Crippen LogP contribution in [0.4, 0.5) is 0 Å². The lowest BCUT2D eigenvalue weighted by molar-refractivity contribution is 0.0987. The minimum atomic E-state index is 0.221. The summed E-state index contributed by atoms with van der Waals surface area (Å²) in [5.74, 6) is 1.10. The minimum absolute atomic E-state index is 0.221. The van der Waals surface area contributed by atoms with Crippen LogP contribution in [0.3, 0.4) is 0 Å². The van der Waals surface area contributed by atoms with Gasteiger partial charge in [-0.05, 0) is 42.5 Å². The van der Waals surface area contributed by atoms with Crippen LogP contribution < -0.4 is 4.74 Å². The number of ketones is 1. The number of hydrogen-bond acceptors (Lipinski definition) is 3. The van der Waals surface area contributed by atoms with Gasteiger partial charge >= 0.3 is 0 Å². The molecule has 3 heteroatoms. The zero-order valence-corrected chi connectivity index (χ0v) is 11.2. The van der Waals surface area contributed by atoms with E-state index in [1.165, 1.54) is 16.9 Å². The van der Waals surface area contributed by atoms with Gasteiger partial charge in [0.05, 0.1) is 11.5 Å². The molecule has 0 N–H and O–H groups in total. The molecule has 0 atom stereocenters. The molecule has 94 valence electrons. The number of carbonyl (C=O) groups excluding carboxylic acids is 1. The maximum Gasteiger partial charge on any atom is 0.173 e. The van der Waals surface area contributed by atoms with Crippen molar-refractivity contribution >= 4 is 17.1 Å². The zero-order chi connectivity index (χ0) is 12.8. The molecule has 0 spiro atoms. The summed E-state index contributed by atoms with van der Waals surface area (Å²) < 4.78 is 5.38. The predicted molar refractivity (Wildman–Crippen MR) is 74.6 cm³/mol. The second kappa shape index (κ2) is 6.36. The van der Waals surface area contributed by atoms with Crippen molar-refractivity contribution in [3.05, 3.63) is 52.2 Å². The zero-order valence-electron chi connectivity index (χ0n) is 10.4. The van der Waals surface area contributed by atoms with Crippen LogP contribution in [0.1, 0.15) is 28.6 Å². The Kier molecular flexibility index (Phi) is 4.53. The summed E-state index contributed by atoms with van der Waals surface area (Å²) in [6.07, 6.45) is 1.34. The van der Waals surface area contributed by atoms with Crippen molar-refractivity contribution < 1.29 is 9.53 Å². The van der Waals surface area contributed by atoms with Gasteiger partial charge in [0.1, 0.15) is 5.75 Å². The van der Waals surface area contributed by atoms with Crippen LogP contribution in [0.2, 0.25) is 0 Å². The van der Waals surface area contributed by atoms with Crippen molar-refractivity contribution in [3.8, 4) is 5.75 Å². The molecular weight excluding hydrogens is 244 g/mol. The summed E-state index contributed by atoms with van der Waals surface area (Å²) in [5, 5.41) is 1.93. The molecule has 1 aromatic heterocycles. The number of aryl methyl sites for hydroxylation is 1. The topological polar surface area (TPSA) is 26.3 Å². The Labute approximate surface area is 111 Å². The lowest BCUT2D eigenvalue weighted by Gasteiger charge is -2.04. The van der Waals surface area contributed by atoms with Gasteiger partial charge in [-0.15, -0.1) is 11.3 Å². The summed E-state index contributed by atoms with van der Waals surface area (Å²) in [6.45, 7) is 2.64. The van der Waals surface area contributed by atoms with Crippen LogP contribution in [0, 0.1) is 0 Å². The number of rotatable bonds is 6. The van der Waals surface area contributed by atoms with Crippen molar-refractivity contribution in [3.63, 3.8) is 0 Å². The van der Waals surface area contributed by atoms with Crippen molar-refractivity contribution in [1.29, 1.82) is 0 Å². The van der Waals surface area contributed by atoms with E-state index in [0.29, 0.717) is 13.0 Å². The molecule has 2 nitrogen and oxygen atoms in total. The second-order valence-corrected chi connectivity index (χ2v) is 4.93. The second-order valence-electron chi connectivity index (χ2n) is 3.98. The van der Waals surface area contributed by atoms with Crippen molar-refractivity contribution in [1.82, 2.24) is 0 Å². The number of thiophene rings is 1. The fraction of sp³-hybridized carbons (Fsp3) is 0.267. The summed E-state index contributed by atoms with van der Waals surface area (Å²) >= 11 is 1.51. The molecule has 0 aliphatic heterocycles. The SMILES string of the molecule is CCOc1ccc(CCC(=O)c2cccs2)cc1. The standard InChI is InChI=1S/C15H16O2S/c1-2-17-13-8-5-12(6-9-13)7-10-14(16)15-4-3-11-18-15/h3-6,8-9,11H,2,7,10H2,1H3. The van der Waals surface area contributed by atoms with Gasteiger partial charge in [0, 0.05) is 6.42 Å². The Morgan fingerprint density at radius 2 is 2.00 bits per heavy atom. The number of benzene rings is 1. The molecule has 0 aliphatic carbocycles. The van der Waals surface area contributed by atoms with E-state index in [1.54, 1.807) is 0 Å². The smallest absolute Gasteiger partial charge is 0.173 e. The van der Waals surface area contributed by atoms with Crippen molar-refractivity contribution in [2.75, 3.05) is 6.61 Å². The summed E-state index contributed by atoms with van der Waals surface area (Å²) in [5.41, 5.74) is 1.17. The Balaban J connectivity index is 1.88. The van der Waals surface area contributed by atoms with Crippen molar-refractivity contribution in [2.45, 2.75) is 19.8 Å². The Hall–Kier alpha value is -1.61. The van der Waals surface area contributed by atoms with Crippen LogP contribution in [0.25, 0.3) is 0 Å². The molecule has 0 saturated heterocycles. The molecule has 0 bridgehead atoms. The van der Waals surface area contributed by atoms with Gasteiger partial charge in [0.15, 0.2) is 5.78 Å². The quantitative estimate of drug-likeness (QED) is 0.735. The van der Waals surface area contributed by atoms with Crippen LogP contribution in [0.15, 0.2) is 41.8 Å². The van der Waals surface area contributed by atoms with E-state index in [2.05, 4.69) is 0 Å². The molecule has 1 heterocycles. The third-order valence-electron chi connectivity index (χ3n) is 2.67. The van der Waals surface area contributed by atoms with E-state index in [0.717, 1.165) is 17.0 Å². The maximum atomic E-state index is 11.8. The average Bonchev–Trinajstić information content (AvgIpc) is 2.92. The first kappa shape index (κ1) is 12.8. The van der Waals surface area contributed by atoms with Gasteiger partial charge in [0.2, 0.25) is 0 Å². The van der Waals surface area contributed by atoms with Crippen LogP contribution in [-0.2, 0) is 6.42 Å². The molecule has 0 aliphatic rings. The van der Waals surface area contributed by atoms with Gasteiger partial charge in [-0.1, -0.05) is 18.2 Å². The fourth-order valence-corrected chi connectivity index (χ4v) is 2.43. The number of carbonyl (C=O) groups is 1. The van der Waals surface area contributed by atoms with Gasteiger partial charge in [-0.2, -0.15) is 0 Å². The minimum Gasteiger partial charge on any atom is -0.494 e. The highest BCUT2D eigenvalue weighted by Crippen LogP contribution is 2.16. The molecule has 2 aromatic rings. The number of ether oxygens (including phenoxy) is 1. The molecule has 0 amide bonds. The van der Waals surface area contributed by atoms with Gasteiger partial charge in [-0.25, -0.2) is 0 Å². The third-order valence-corrected chi connectivity index (χ3v) is 3.58. The first-order valence-electron chi connectivity index (χ1n) is 6.08. The van der Waals surface area contributed by atoms with Crippen LogP contribution in [-0.4, -0.2) is 12.4 Å². The molecule has 0 fully saturated rings. The van der Waals surface area contributed by atoms with E-state index in [9.17, 15) is 4.79 Å². The fourth-order valence-electron chi connectivity index (χ4n) is 1.74. The number of Topliss-reactive ketones (excluding diaryl/α,β-unsaturated/α-hetero) is 1. The maximum absolute atomic E-state index is 11.8. The predicted octanol–water partition coefficient (Wildman–Crippen LogP) is 3.96. The van der Waals surface area contributed by atoms with E-state index in [1.807, 2.05) is 48.7 Å². The van der Waals surface area contributed by atoms with Gasteiger partial charge < -0.3 is 4.74 Å². The lowest BCUT2D eigenvalue weighted by atomic mass is 10.1. The first-order valence-corrected chi connectivity index (χ1v) is 6.96.